The van der Waals surface area contributed by atoms with Crippen molar-refractivity contribution in [2.24, 2.45) is 5.73 Å². The Hall–Kier alpha value is -1.39. The number of hydrogen-bond donors (Lipinski definition) is 1. The van der Waals surface area contributed by atoms with Crippen molar-refractivity contribution in [3.8, 4) is 5.75 Å². The van der Waals surface area contributed by atoms with Gasteiger partial charge in [-0.15, -0.1) is 0 Å². The number of para-hydroxylation sites is 1. The maximum atomic E-state index is 11.5. The minimum atomic E-state index is 0.0259. The van der Waals surface area contributed by atoms with E-state index in [9.17, 15) is 4.79 Å². The molecular weight excluding hydrogens is 206 g/mol. The summed E-state index contributed by atoms with van der Waals surface area (Å²) in [5, 5.41) is 0. The zero-order chi connectivity index (χ0) is 11.8. The summed E-state index contributed by atoms with van der Waals surface area (Å²) in [5.41, 5.74) is 6.14. The van der Waals surface area contributed by atoms with E-state index < -0.39 is 0 Å². The standard InChI is InChI=1S/C12H17NO3/c1-15-12-5-3-2-4-10(12)8-11(14)9-16-7-6-13/h2-5H,6-9,13H2,1H3. The Morgan fingerprint density at radius 2 is 2.12 bits per heavy atom. The summed E-state index contributed by atoms with van der Waals surface area (Å²) < 4.78 is 10.2. The number of rotatable bonds is 7. The van der Waals surface area contributed by atoms with Crippen LogP contribution in [0.3, 0.4) is 0 Å². The molecule has 0 aliphatic carbocycles. The monoisotopic (exact) mass is 223 g/mol. The third-order valence-corrected chi connectivity index (χ3v) is 2.11. The number of nitrogens with two attached hydrogens (primary N) is 1. The lowest BCUT2D eigenvalue weighted by Gasteiger charge is -2.07. The van der Waals surface area contributed by atoms with E-state index in [2.05, 4.69) is 0 Å². The topological polar surface area (TPSA) is 61.5 Å². The van der Waals surface area contributed by atoms with Crippen molar-refractivity contribution < 1.29 is 14.3 Å². The van der Waals surface area contributed by atoms with Crippen molar-refractivity contribution in [3.63, 3.8) is 0 Å². The number of ketones is 1. The smallest absolute Gasteiger partial charge is 0.162 e. The Balaban J connectivity index is 2.49. The van der Waals surface area contributed by atoms with Gasteiger partial charge < -0.3 is 15.2 Å². The molecule has 1 aromatic carbocycles. The van der Waals surface area contributed by atoms with Gasteiger partial charge in [-0.3, -0.25) is 4.79 Å². The zero-order valence-electron chi connectivity index (χ0n) is 9.44. The van der Waals surface area contributed by atoms with Crippen molar-refractivity contribution in [2.45, 2.75) is 6.42 Å². The van der Waals surface area contributed by atoms with Crippen LogP contribution in [-0.4, -0.2) is 32.7 Å². The van der Waals surface area contributed by atoms with Gasteiger partial charge >= 0.3 is 0 Å². The number of Topliss-reactive ketones (excluding diaryl/α,β-unsaturated/α-hetero) is 1. The van der Waals surface area contributed by atoms with E-state index in [1.807, 2.05) is 24.3 Å². The normalized spacial score (nSPS) is 10.1. The maximum Gasteiger partial charge on any atom is 0.162 e. The fourth-order valence-corrected chi connectivity index (χ4v) is 1.38. The minimum Gasteiger partial charge on any atom is -0.496 e. The second kappa shape index (κ2) is 6.98. The molecule has 4 nitrogen and oxygen atoms in total. The predicted molar refractivity (Wildman–Crippen MR) is 61.6 cm³/mol. The second-order valence-corrected chi connectivity index (χ2v) is 3.37. The molecule has 0 unspecified atom stereocenters. The fraction of sp³-hybridized carbons (Fsp3) is 0.417. The van der Waals surface area contributed by atoms with E-state index in [-0.39, 0.29) is 12.4 Å². The number of carbonyl (C=O) groups excluding carboxylic acids is 1. The number of carbonyl (C=O) groups is 1. The Morgan fingerprint density at radius 1 is 1.38 bits per heavy atom. The van der Waals surface area contributed by atoms with Crippen molar-refractivity contribution in [3.05, 3.63) is 29.8 Å². The summed E-state index contributed by atoms with van der Waals surface area (Å²) in [6.45, 7) is 0.953. The van der Waals surface area contributed by atoms with Gasteiger partial charge in [0.15, 0.2) is 5.78 Å². The van der Waals surface area contributed by atoms with Crippen LogP contribution in [0.25, 0.3) is 0 Å². The minimum absolute atomic E-state index is 0.0259. The van der Waals surface area contributed by atoms with Crippen LogP contribution in [0.5, 0.6) is 5.75 Å². The lowest BCUT2D eigenvalue weighted by atomic mass is 10.1. The molecule has 1 aromatic rings. The van der Waals surface area contributed by atoms with Gasteiger partial charge in [0, 0.05) is 18.5 Å². The lowest BCUT2D eigenvalue weighted by molar-refractivity contribution is -0.122. The second-order valence-electron chi connectivity index (χ2n) is 3.37. The van der Waals surface area contributed by atoms with Crippen LogP contribution in [0.15, 0.2) is 24.3 Å². The van der Waals surface area contributed by atoms with Gasteiger partial charge in [0.2, 0.25) is 0 Å². The van der Waals surface area contributed by atoms with E-state index in [4.69, 9.17) is 15.2 Å². The van der Waals surface area contributed by atoms with E-state index in [0.29, 0.717) is 19.6 Å². The van der Waals surface area contributed by atoms with Gasteiger partial charge in [-0.05, 0) is 6.07 Å². The van der Waals surface area contributed by atoms with Crippen LogP contribution in [0.2, 0.25) is 0 Å². The van der Waals surface area contributed by atoms with E-state index >= 15 is 0 Å². The largest absolute Gasteiger partial charge is 0.496 e. The molecule has 0 aliphatic heterocycles. The highest BCUT2D eigenvalue weighted by molar-refractivity contribution is 5.82. The van der Waals surface area contributed by atoms with E-state index in [1.165, 1.54) is 0 Å². The van der Waals surface area contributed by atoms with Crippen LogP contribution < -0.4 is 10.5 Å². The summed E-state index contributed by atoms with van der Waals surface area (Å²) in [6.07, 6.45) is 0.328. The van der Waals surface area contributed by atoms with Crippen LogP contribution in [0.4, 0.5) is 0 Å². The van der Waals surface area contributed by atoms with Gasteiger partial charge in [-0.1, -0.05) is 18.2 Å². The highest BCUT2D eigenvalue weighted by Gasteiger charge is 2.07. The molecule has 4 heteroatoms. The fourth-order valence-electron chi connectivity index (χ4n) is 1.38. The number of benzene rings is 1. The molecule has 0 amide bonds. The zero-order valence-corrected chi connectivity index (χ0v) is 9.44. The van der Waals surface area contributed by atoms with Gasteiger partial charge in [0.1, 0.15) is 12.4 Å². The molecule has 0 aromatic heterocycles. The van der Waals surface area contributed by atoms with Crippen molar-refractivity contribution >= 4 is 5.78 Å². The molecule has 88 valence electrons. The predicted octanol–water partition coefficient (Wildman–Crippen LogP) is 0.782. The molecule has 0 heterocycles. The molecule has 16 heavy (non-hydrogen) atoms. The molecule has 2 N–H and O–H groups in total. The molecule has 0 radical (unpaired) electrons. The average Bonchev–Trinajstić information content (AvgIpc) is 2.30. The summed E-state index contributed by atoms with van der Waals surface area (Å²) in [5.74, 6) is 0.757. The quantitative estimate of drug-likeness (QED) is 0.694. The first-order chi connectivity index (χ1) is 7.77. The summed E-state index contributed by atoms with van der Waals surface area (Å²) in [7, 11) is 1.59. The van der Waals surface area contributed by atoms with Crippen molar-refractivity contribution in [2.75, 3.05) is 26.9 Å². The van der Waals surface area contributed by atoms with Gasteiger partial charge in [-0.2, -0.15) is 0 Å². The highest BCUT2D eigenvalue weighted by atomic mass is 16.5. The van der Waals surface area contributed by atoms with Gasteiger partial charge in [0.05, 0.1) is 13.7 Å². The van der Waals surface area contributed by atoms with Gasteiger partial charge in [0.25, 0.3) is 0 Å². The summed E-state index contributed by atoms with van der Waals surface area (Å²) >= 11 is 0. The average molecular weight is 223 g/mol. The first-order valence-corrected chi connectivity index (χ1v) is 5.19. The lowest BCUT2D eigenvalue weighted by Crippen LogP contribution is -2.16. The third-order valence-electron chi connectivity index (χ3n) is 2.11. The van der Waals surface area contributed by atoms with Crippen LogP contribution >= 0.6 is 0 Å². The molecule has 0 aliphatic rings. The van der Waals surface area contributed by atoms with Crippen molar-refractivity contribution in [1.82, 2.24) is 0 Å². The van der Waals surface area contributed by atoms with Crippen LogP contribution in [0.1, 0.15) is 5.56 Å². The summed E-state index contributed by atoms with van der Waals surface area (Å²) in [6, 6.07) is 7.46. The number of ether oxygens (including phenoxy) is 2. The van der Waals surface area contributed by atoms with E-state index in [1.54, 1.807) is 7.11 Å². The molecule has 0 saturated carbocycles. The Bertz CT molecular complexity index is 339. The van der Waals surface area contributed by atoms with Crippen LogP contribution in [-0.2, 0) is 16.0 Å². The first kappa shape index (κ1) is 12.7. The Labute approximate surface area is 95.3 Å². The molecule has 0 saturated heterocycles. The molecule has 1 rings (SSSR count). The van der Waals surface area contributed by atoms with Crippen molar-refractivity contribution in [1.29, 1.82) is 0 Å². The molecule has 0 spiro atoms. The highest BCUT2D eigenvalue weighted by Crippen LogP contribution is 2.17. The van der Waals surface area contributed by atoms with Crippen LogP contribution in [0, 0.1) is 0 Å². The first-order valence-electron chi connectivity index (χ1n) is 5.19. The SMILES string of the molecule is COc1ccccc1CC(=O)COCCN. The van der Waals surface area contributed by atoms with E-state index in [0.717, 1.165) is 11.3 Å². The number of hydrogen-bond acceptors (Lipinski definition) is 4. The summed E-state index contributed by atoms with van der Waals surface area (Å²) in [4.78, 5) is 11.5. The third kappa shape index (κ3) is 4.00. The molecular formula is C12H17NO3. The Morgan fingerprint density at radius 3 is 2.81 bits per heavy atom. The molecule has 0 atom stereocenters. The molecule has 0 fully saturated rings. The van der Waals surface area contributed by atoms with Gasteiger partial charge in [-0.25, -0.2) is 0 Å². The Kier molecular flexibility index (Phi) is 5.53. The number of methoxy groups -OCH3 is 1. The molecule has 0 bridgehead atoms. The maximum absolute atomic E-state index is 11.5.